The molecule has 0 bridgehead atoms. The minimum atomic E-state index is -2.65. The summed E-state index contributed by atoms with van der Waals surface area (Å²) in [5.74, 6) is -0.495. The number of benzene rings is 2. The van der Waals surface area contributed by atoms with Crippen LogP contribution in [-0.4, -0.2) is 39.1 Å². The number of fused-ring (bicyclic) bond motifs is 3. The van der Waals surface area contributed by atoms with E-state index in [1.807, 2.05) is 30.3 Å². The summed E-state index contributed by atoms with van der Waals surface area (Å²) in [6.45, 7) is 0.903. The number of hydrogen-bond acceptors (Lipinski definition) is 7. The summed E-state index contributed by atoms with van der Waals surface area (Å²) in [5, 5.41) is 14.8. The largest absolute Gasteiger partial charge is 0.485 e. The number of carbonyl (C=O) groups is 1. The van der Waals surface area contributed by atoms with Crippen LogP contribution in [0, 0.1) is 6.92 Å². The van der Waals surface area contributed by atoms with Crippen molar-refractivity contribution >= 4 is 60.8 Å². The Morgan fingerprint density at radius 3 is 2.76 bits per heavy atom. The zero-order chi connectivity index (χ0) is 23.1. The van der Waals surface area contributed by atoms with Gasteiger partial charge in [-0.3, -0.25) is 0 Å². The molecular weight excluding hydrogens is 450 g/mol. The summed E-state index contributed by atoms with van der Waals surface area (Å²) in [7, 11) is 0. The minimum absolute atomic E-state index is 0.161. The first-order valence-corrected chi connectivity index (χ1v) is 10.7. The Labute approximate surface area is 189 Å². The number of para-hydroxylation sites is 1. The average molecular weight is 466 g/mol. The molecule has 0 unspecified atom stereocenters. The van der Waals surface area contributed by atoms with Gasteiger partial charge in [-0.1, -0.05) is 18.2 Å². The second-order valence-electron chi connectivity index (χ2n) is 7.31. The molecule has 3 heterocycles. The van der Waals surface area contributed by atoms with Crippen LogP contribution in [-0.2, 0) is 0 Å². The Morgan fingerprint density at radius 2 is 1.97 bits per heavy atom. The fourth-order valence-electron chi connectivity index (χ4n) is 3.67. The van der Waals surface area contributed by atoms with Crippen LogP contribution in [0.3, 0.4) is 0 Å². The minimum Gasteiger partial charge on any atom is -0.485 e. The van der Waals surface area contributed by atoms with Gasteiger partial charge in [-0.2, -0.15) is 0 Å². The number of carboxylic acid groups (broad SMARTS) is 1. The molecule has 10 heteroatoms. The second kappa shape index (κ2) is 8.21. The van der Waals surface area contributed by atoms with E-state index >= 15 is 0 Å². The number of rotatable bonds is 6. The number of carboxylic acids is 1. The molecule has 0 aliphatic heterocycles. The van der Waals surface area contributed by atoms with Gasteiger partial charge in [0.2, 0.25) is 0 Å². The van der Waals surface area contributed by atoms with E-state index in [-0.39, 0.29) is 10.6 Å². The van der Waals surface area contributed by atoms with Crippen molar-refractivity contribution in [1.82, 2.24) is 15.0 Å². The highest BCUT2D eigenvalue weighted by molar-refractivity contribution is 7.20. The van der Waals surface area contributed by atoms with Crippen molar-refractivity contribution in [1.29, 1.82) is 0 Å². The number of anilines is 2. The number of ether oxygens (including phenoxy) is 1. The van der Waals surface area contributed by atoms with Gasteiger partial charge in [0.15, 0.2) is 0 Å². The number of hydrogen-bond donors (Lipinski definition) is 2. The second-order valence-corrected chi connectivity index (χ2v) is 8.31. The number of nitrogens with zero attached hydrogens (tertiary/aromatic N) is 3. The number of alkyl halides is 2. The molecule has 0 saturated carbocycles. The lowest BCUT2D eigenvalue weighted by Gasteiger charge is -2.15. The van der Waals surface area contributed by atoms with Crippen LogP contribution < -0.4 is 10.1 Å². The number of aromatic nitrogens is 3. The van der Waals surface area contributed by atoms with Crippen molar-refractivity contribution in [3.63, 3.8) is 0 Å². The maximum absolute atomic E-state index is 12.9. The molecule has 2 aromatic carbocycles. The highest BCUT2D eigenvalue weighted by Crippen LogP contribution is 2.38. The van der Waals surface area contributed by atoms with Crippen LogP contribution in [0.15, 0.2) is 48.8 Å². The number of aromatic carboxylic acids is 1. The number of halogens is 2. The first-order chi connectivity index (χ1) is 15.9. The molecule has 5 aromatic rings. The topological polar surface area (TPSA) is 97.2 Å². The van der Waals surface area contributed by atoms with Crippen LogP contribution in [0.4, 0.5) is 20.3 Å². The molecule has 0 aliphatic rings. The van der Waals surface area contributed by atoms with E-state index in [1.165, 1.54) is 6.33 Å². The van der Waals surface area contributed by atoms with Crippen molar-refractivity contribution in [2.24, 2.45) is 0 Å². The SMILES string of the molecule is Cc1c(C(=O)O)sc2ncnc(Nc3cc4nc5ccccc5cc4cc3OCC(F)F)c12. The summed E-state index contributed by atoms with van der Waals surface area (Å²) in [4.78, 5) is 25.3. The zero-order valence-electron chi connectivity index (χ0n) is 17.2. The van der Waals surface area contributed by atoms with Gasteiger partial charge >= 0.3 is 5.97 Å². The van der Waals surface area contributed by atoms with Crippen molar-refractivity contribution in [2.75, 3.05) is 11.9 Å². The third-order valence-electron chi connectivity index (χ3n) is 5.16. The summed E-state index contributed by atoms with van der Waals surface area (Å²) >= 11 is 1.05. The van der Waals surface area contributed by atoms with Crippen molar-refractivity contribution in [2.45, 2.75) is 13.3 Å². The van der Waals surface area contributed by atoms with Gasteiger partial charge in [0.05, 0.1) is 22.1 Å². The van der Waals surface area contributed by atoms with Gasteiger partial charge < -0.3 is 15.2 Å². The normalized spacial score (nSPS) is 11.5. The van der Waals surface area contributed by atoms with Crippen LogP contribution in [0.5, 0.6) is 5.75 Å². The predicted octanol–water partition coefficient (Wildman–Crippen LogP) is 5.79. The molecule has 2 N–H and O–H groups in total. The smallest absolute Gasteiger partial charge is 0.346 e. The maximum atomic E-state index is 12.9. The third-order valence-corrected chi connectivity index (χ3v) is 6.34. The van der Waals surface area contributed by atoms with Crippen molar-refractivity contribution in [3.05, 3.63) is 59.2 Å². The summed E-state index contributed by atoms with van der Waals surface area (Å²) in [6.07, 6.45) is -1.33. The van der Waals surface area contributed by atoms with Gasteiger partial charge in [0.1, 0.15) is 34.2 Å². The van der Waals surface area contributed by atoms with E-state index in [1.54, 1.807) is 19.1 Å². The van der Waals surface area contributed by atoms with E-state index in [9.17, 15) is 18.7 Å². The highest BCUT2D eigenvalue weighted by atomic mass is 32.1. The molecule has 7 nitrogen and oxygen atoms in total. The lowest BCUT2D eigenvalue weighted by Crippen LogP contribution is -2.09. The lowest BCUT2D eigenvalue weighted by molar-refractivity contribution is 0.0701. The fourth-order valence-corrected chi connectivity index (χ4v) is 4.66. The standard InChI is InChI=1S/C23H16F2N4O3S/c1-11-19-21(26-10-27-22(19)33-20(11)23(30)31)29-16-8-15-13(7-17(16)32-9-18(24)25)6-12-4-2-3-5-14(12)28-15/h2-8,10,18H,9H2,1H3,(H,30,31)(H,26,27,29). The van der Waals surface area contributed by atoms with Gasteiger partial charge in [0.25, 0.3) is 6.43 Å². The van der Waals surface area contributed by atoms with E-state index in [0.29, 0.717) is 32.8 Å². The predicted molar refractivity (Wildman–Crippen MR) is 123 cm³/mol. The monoisotopic (exact) mass is 466 g/mol. The summed E-state index contributed by atoms with van der Waals surface area (Å²) in [6, 6.07) is 12.9. The van der Waals surface area contributed by atoms with E-state index in [2.05, 4.69) is 20.3 Å². The maximum Gasteiger partial charge on any atom is 0.346 e. The molecule has 166 valence electrons. The molecule has 5 rings (SSSR count). The quantitative estimate of drug-likeness (QED) is 0.306. The van der Waals surface area contributed by atoms with Crippen molar-refractivity contribution < 1.29 is 23.4 Å². The Hall–Kier alpha value is -3.92. The number of aryl methyl sites for hydroxylation is 1. The van der Waals surface area contributed by atoms with Gasteiger partial charge in [-0.05, 0) is 36.8 Å². The highest BCUT2D eigenvalue weighted by Gasteiger charge is 2.20. The Kier molecular flexibility index (Phi) is 5.21. The zero-order valence-corrected chi connectivity index (χ0v) is 18.0. The number of pyridine rings is 1. The van der Waals surface area contributed by atoms with Gasteiger partial charge in [-0.25, -0.2) is 28.5 Å². The van der Waals surface area contributed by atoms with E-state index < -0.39 is 19.0 Å². The number of nitrogens with one attached hydrogen (secondary N) is 1. The Bertz CT molecular complexity index is 1540. The first-order valence-electron chi connectivity index (χ1n) is 9.89. The molecule has 0 aliphatic carbocycles. The first kappa shape index (κ1) is 21.0. The van der Waals surface area contributed by atoms with E-state index in [4.69, 9.17) is 4.74 Å². The number of thiophene rings is 1. The molecule has 0 atom stereocenters. The Morgan fingerprint density at radius 1 is 1.15 bits per heavy atom. The molecule has 0 spiro atoms. The molecule has 0 fully saturated rings. The average Bonchev–Trinajstić information content (AvgIpc) is 3.14. The Balaban J connectivity index is 1.66. The van der Waals surface area contributed by atoms with Crippen LogP contribution in [0.25, 0.3) is 32.0 Å². The third kappa shape index (κ3) is 3.89. The molecular formula is C23H16F2N4O3S. The van der Waals surface area contributed by atoms with Gasteiger partial charge in [-0.15, -0.1) is 11.3 Å². The fraction of sp³-hybridized carbons (Fsp3) is 0.130. The molecule has 33 heavy (non-hydrogen) atoms. The van der Waals surface area contributed by atoms with Crippen LogP contribution in [0.1, 0.15) is 15.2 Å². The van der Waals surface area contributed by atoms with E-state index in [0.717, 1.165) is 27.6 Å². The van der Waals surface area contributed by atoms with Crippen LogP contribution >= 0.6 is 11.3 Å². The molecule has 0 saturated heterocycles. The lowest BCUT2D eigenvalue weighted by atomic mass is 10.1. The van der Waals surface area contributed by atoms with Crippen LogP contribution in [0.2, 0.25) is 0 Å². The van der Waals surface area contributed by atoms with Crippen molar-refractivity contribution in [3.8, 4) is 5.75 Å². The molecule has 3 aromatic heterocycles. The van der Waals surface area contributed by atoms with Gasteiger partial charge in [0, 0.05) is 10.8 Å². The summed E-state index contributed by atoms with van der Waals surface area (Å²) in [5.41, 5.74) is 2.33. The molecule has 0 radical (unpaired) electrons. The molecule has 0 amide bonds. The summed E-state index contributed by atoms with van der Waals surface area (Å²) < 4.78 is 31.2.